The van der Waals surface area contributed by atoms with E-state index < -0.39 is 0 Å². The number of anilines is 3. The minimum Gasteiger partial charge on any atom is -0.344 e. The SMILES string of the molecule is Cn1c2ccccc2c2cc(-c3ccc(N(c4ccccc4)c4ccc(-n5c6ccccc6c6ccccc65)cc4)cc3)ccc21. The average molecular weight is 590 g/mol. The number of fused-ring (bicyclic) bond motifs is 6. The van der Waals surface area contributed by atoms with Gasteiger partial charge in [-0.1, -0.05) is 91.0 Å². The van der Waals surface area contributed by atoms with Gasteiger partial charge in [-0.15, -0.1) is 0 Å². The normalized spacial score (nSPS) is 11.6. The molecule has 218 valence electrons. The predicted molar refractivity (Wildman–Crippen MR) is 195 cm³/mol. The Bertz CT molecular complexity index is 2460. The van der Waals surface area contributed by atoms with Gasteiger partial charge in [0, 0.05) is 62.4 Å². The Morgan fingerprint density at radius 2 is 0.826 bits per heavy atom. The number of benzene rings is 7. The molecule has 0 unspecified atom stereocenters. The first-order chi connectivity index (χ1) is 22.7. The van der Waals surface area contributed by atoms with Gasteiger partial charge in [-0.3, -0.25) is 0 Å². The van der Waals surface area contributed by atoms with Gasteiger partial charge in [-0.25, -0.2) is 0 Å². The van der Waals surface area contributed by atoms with Crippen LogP contribution >= 0.6 is 0 Å². The Kier molecular flexibility index (Phi) is 6.04. The fraction of sp³-hybridized carbons (Fsp3) is 0.0233. The van der Waals surface area contributed by atoms with Crippen LogP contribution in [0.4, 0.5) is 17.1 Å². The predicted octanol–water partition coefficient (Wildman–Crippen LogP) is 11.6. The lowest BCUT2D eigenvalue weighted by Gasteiger charge is -2.26. The van der Waals surface area contributed by atoms with Crippen molar-refractivity contribution in [2.75, 3.05) is 4.90 Å². The third-order valence-electron chi connectivity index (χ3n) is 9.33. The molecule has 0 N–H and O–H groups in total. The van der Waals surface area contributed by atoms with E-state index in [2.05, 4.69) is 191 Å². The molecule has 0 amide bonds. The maximum absolute atomic E-state index is 2.36. The lowest BCUT2D eigenvalue weighted by atomic mass is 10.0. The second-order valence-electron chi connectivity index (χ2n) is 11.9. The zero-order valence-corrected chi connectivity index (χ0v) is 25.5. The zero-order chi connectivity index (χ0) is 30.6. The Balaban J connectivity index is 1.11. The molecule has 9 rings (SSSR count). The molecule has 9 aromatic rings. The Labute approximate surface area is 267 Å². The lowest BCUT2D eigenvalue weighted by Crippen LogP contribution is -2.10. The topological polar surface area (TPSA) is 13.1 Å². The zero-order valence-electron chi connectivity index (χ0n) is 25.5. The summed E-state index contributed by atoms with van der Waals surface area (Å²) in [4.78, 5) is 2.33. The van der Waals surface area contributed by atoms with Crippen molar-refractivity contribution in [1.29, 1.82) is 0 Å². The molecule has 0 radical (unpaired) electrons. The Hall–Kier alpha value is -6.06. The van der Waals surface area contributed by atoms with Crippen LogP contribution in [-0.4, -0.2) is 9.13 Å². The summed E-state index contributed by atoms with van der Waals surface area (Å²) in [7, 11) is 2.15. The lowest BCUT2D eigenvalue weighted by molar-refractivity contribution is 1.01. The molecule has 0 saturated carbocycles. The molecule has 0 spiro atoms. The van der Waals surface area contributed by atoms with E-state index in [0.717, 1.165) is 22.7 Å². The van der Waals surface area contributed by atoms with Gasteiger partial charge in [0.2, 0.25) is 0 Å². The maximum atomic E-state index is 2.36. The summed E-state index contributed by atoms with van der Waals surface area (Å²) in [6, 6.07) is 61.2. The van der Waals surface area contributed by atoms with Gasteiger partial charge in [0.05, 0.1) is 11.0 Å². The van der Waals surface area contributed by atoms with Gasteiger partial charge >= 0.3 is 0 Å². The first kappa shape index (κ1) is 26.4. The molecule has 3 heteroatoms. The van der Waals surface area contributed by atoms with E-state index in [1.165, 1.54) is 54.7 Å². The van der Waals surface area contributed by atoms with Crippen LogP contribution in [0.15, 0.2) is 170 Å². The minimum absolute atomic E-state index is 1.11. The second-order valence-corrected chi connectivity index (χ2v) is 11.9. The fourth-order valence-electron chi connectivity index (χ4n) is 7.13. The van der Waals surface area contributed by atoms with Gasteiger partial charge in [0.25, 0.3) is 0 Å². The van der Waals surface area contributed by atoms with Gasteiger partial charge in [0.1, 0.15) is 0 Å². The minimum atomic E-state index is 1.11. The second kappa shape index (κ2) is 10.5. The summed E-state index contributed by atoms with van der Waals surface area (Å²) in [6.07, 6.45) is 0. The highest BCUT2D eigenvalue weighted by Crippen LogP contribution is 2.38. The van der Waals surface area contributed by atoms with Crippen LogP contribution in [0.25, 0.3) is 60.4 Å². The number of aromatic nitrogens is 2. The molecule has 0 fully saturated rings. The van der Waals surface area contributed by atoms with Crippen molar-refractivity contribution < 1.29 is 0 Å². The van der Waals surface area contributed by atoms with Crippen molar-refractivity contribution >= 4 is 60.7 Å². The Morgan fingerprint density at radius 3 is 1.46 bits per heavy atom. The molecule has 0 aliphatic rings. The number of nitrogens with zero attached hydrogens (tertiary/aromatic N) is 3. The molecule has 0 atom stereocenters. The number of hydrogen-bond donors (Lipinski definition) is 0. The standard InChI is InChI=1S/C43H31N3/c1-44-40-16-8-5-15-38(40)39-29-31(21-28-41(39)44)30-19-22-33(23-20-30)45(32-11-3-2-4-12-32)34-24-26-35(27-25-34)46-42-17-9-6-13-36(42)37-14-7-10-18-43(37)46/h2-29H,1H3. The van der Waals surface area contributed by atoms with Crippen LogP contribution in [0.1, 0.15) is 0 Å². The summed E-state index contributed by atoms with van der Waals surface area (Å²) < 4.78 is 4.64. The summed E-state index contributed by atoms with van der Waals surface area (Å²) >= 11 is 0. The number of aryl methyl sites for hydroxylation is 1. The van der Waals surface area contributed by atoms with Crippen molar-refractivity contribution in [2.45, 2.75) is 0 Å². The van der Waals surface area contributed by atoms with Crippen LogP contribution < -0.4 is 4.90 Å². The molecule has 0 aliphatic carbocycles. The van der Waals surface area contributed by atoms with Gasteiger partial charge in [0.15, 0.2) is 0 Å². The van der Waals surface area contributed by atoms with Crippen LogP contribution in [0.2, 0.25) is 0 Å². The molecule has 7 aromatic carbocycles. The largest absolute Gasteiger partial charge is 0.344 e. The number of para-hydroxylation sites is 4. The molecule has 3 nitrogen and oxygen atoms in total. The van der Waals surface area contributed by atoms with E-state index in [0.29, 0.717) is 0 Å². The third kappa shape index (κ3) is 4.13. The highest BCUT2D eigenvalue weighted by molar-refractivity contribution is 6.10. The third-order valence-corrected chi connectivity index (χ3v) is 9.33. The molecular weight excluding hydrogens is 558 g/mol. The van der Waals surface area contributed by atoms with E-state index in [4.69, 9.17) is 0 Å². The molecule has 2 heterocycles. The van der Waals surface area contributed by atoms with E-state index in [-0.39, 0.29) is 0 Å². The van der Waals surface area contributed by atoms with Crippen LogP contribution in [0.3, 0.4) is 0 Å². The smallest absolute Gasteiger partial charge is 0.0541 e. The summed E-state index contributed by atoms with van der Waals surface area (Å²) in [5.41, 5.74) is 11.9. The molecule has 0 aliphatic heterocycles. The Morgan fingerprint density at radius 1 is 0.370 bits per heavy atom. The first-order valence-corrected chi connectivity index (χ1v) is 15.8. The summed E-state index contributed by atoms with van der Waals surface area (Å²) in [5.74, 6) is 0. The maximum Gasteiger partial charge on any atom is 0.0541 e. The summed E-state index contributed by atoms with van der Waals surface area (Å²) in [5, 5.41) is 5.12. The highest BCUT2D eigenvalue weighted by atomic mass is 15.1. The molecule has 46 heavy (non-hydrogen) atoms. The van der Waals surface area contributed by atoms with E-state index in [1.54, 1.807) is 0 Å². The molecule has 0 bridgehead atoms. The first-order valence-electron chi connectivity index (χ1n) is 15.8. The number of hydrogen-bond acceptors (Lipinski definition) is 1. The van der Waals surface area contributed by atoms with Crippen LogP contribution in [-0.2, 0) is 7.05 Å². The summed E-state index contributed by atoms with van der Waals surface area (Å²) in [6.45, 7) is 0. The monoisotopic (exact) mass is 589 g/mol. The highest BCUT2D eigenvalue weighted by Gasteiger charge is 2.16. The molecule has 2 aromatic heterocycles. The van der Waals surface area contributed by atoms with Gasteiger partial charge in [-0.05, 0) is 90.0 Å². The van der Waals surface area contributed by atoms with Crippen molar-refractivity contribution in [1.82, 2.24) is 9.13 Å². The van der Waals surface area contributed by atoms with Crippen LogP contribution in [0, 0.1) is 0 Å². The van der Waals surface area contributed by atoms with E-state index >= 15 is 0 Å². The van der Waals surface area contributed by atoms with Crippen LogP contribution in [0.5, 0.6) is 0 Å². The molecule has 0 saturated heterocycles. The quantitative estimate of drug-likeness (QED) is 0.195. The average Bonchev–Trinajstić information content (AvgIpc) is 3.61. The van der Waals surface area contributed by atoms with Crippen molar-refractivity contribution in [3.63, 3.8) is 0 Å². The van der Waals surface area contributed by atoms with E-state index in [9.17, 15) is 0 Å². The molecular formula is C43H31N3. The van der Waals surface area contributed by atoms with Crippen molar-refractivity contribution in [3.8, 4) is 16.8 Å². The van der Waals surface area contributed by atoms with Gasteiger partial charge in [-0.2, -0.15) is 0 Å². The number of rotatable bonds is 5. The van der Waals surface area contributed by atoms with Crippen molar-refractivity contribution in [3.05, 3.63) is 170 Å². The fourth-order valence-corrected chi connectivity index (χ4v) is 7.13. The van der Waals surface area contributed by atoms with E-state index in [1.807, 2.05) is 0 Å². The van der Waals surface area contributed by atoms with Gasteiger partial charge < -0.3 is 14.0 Å². The van der Waals surface area contributed by atoms with Crippen molar-refractivity contribution in [2.24, 2.45) is 7.05 Å².